The number of amides is 4. The molecule has 4 amide bonds. The molecule has 1 saturated carbocycles. The highest BCUT2D eigenvalue weighted by Crippen LogP contribution is 2.25. The normalized spacial score (nSPS) is 16.2. The van der Waals surface area contributed by atoms with Crippen LogP contribution < -0.4 is 5.32 Å². The summed E-state index contributed by atoms with van der Waals surface area (Å²) in [4.78, 5) is 54.3. The van der Waals surface area contributed by atoms with Crippen molar-refractivity contribution in [2.24, 2.45) is 0 Å². The van der Waals surface area contributed by atoms with Gasteiger partial charge in [0.1, 0.15) is 6.04 Å². The van der Waals surface area contributed by atoms with E-state index in [-0.39, 0.29) is 55.6 Å². The highest BCUT2D eigenvalue weighted by atomic mass is 35.5. The first kappa shape index (κ1) is 26.2. The Morgan fingerprint density at radius 2 is 1.69 bits per heavy atom. The molecule has 4 rings (SSSR count). The molecule has 7 nitrogen and oxygen atoms in total. The van der Waals surface area contributed by atoms with E-state index in [1.165, 1.54) is 9.80 Å². The van der Waals surface area contributed by atoms with Gasteiger partial charge in [0, 0.05) is 35.6 Å². The molecule has 1 aliphatic carbocycles. The number of carbonyl (C=O) groups excluding carboxylic acids is 4. The molecule has 9 heteroatoms. The van der Waals surface area contributed by atoms with Crippen LogP contribution in [0.2, 0.25) is 10.0 Å². The molecule has 1 aliphatic heterocycles. The minimum atomic E-state index is -0.718. The Morgan fingerprint density at radius 1 is 1.06 bits per heavy atom. The van der Waals surface area contributed by atoms with Gasteiger partial charge in [-0.05, 0) is 56.0 Å². The van der Waals surface area contributed by atoms with Gasteiger partial charge in [-0.15, -0.1) is 0 Å². The van der Waals surface area contributed by atoms with Gasteiger partial charge in [-0.25, -0.2) is 0 Å². The zero-order valence-electron chi connectivity index (χ0n) is 20.1. The third-order valence-electron chi connectivity index (χ3n) is 6.88. The lowest BCUT2D eigenvalue weighted by Crippen LogP contribution is -2.49. The van der Waals surface area contributed by atoms with Crippen LogP contribution in [-0.4, -0.2) is 52.1 Å². The average molecular weight is 530 g/mol. The quantitative estimate of drug-likeness (QED) is 0.470. The van der Waals surface area contributed by atoms with Gasteiger partial charge in [-0.2, -0.15) is 0 Å². The molecule has 2 aliphatic rings. The van der Waals surface area contributed by atoms with Gasteiger partial charge in [-0.3, -0.25) is 24.1 Å². The van der Waals surface area contributed by atoms with Crippen LogP contribution in [0.5, 0.6) is 0 Å². The molecule has 0 spiro atoms. The summed E-state index contributed by atoms with van der Waals surface area (Å²) in [6.07, 6.45) is 4.40. The second kappa shape index (κ2) is 11.4. The summed E-state index contributed by atoms with van der Waals surface area (Å²) < 4.78 is 0. The van der Waals surface area contributed by atoms with E-state index in [2.05, 4.69) is 5.32 Å². The molecular weight excluding hydrogens is 501 g/mol. The molecule has 190 valence electrons. The summed E-state index contributed by atoms with van der Waals surface area (Å²) in [7, 11) is 0. The largest absolute Gasteiger partial charge is 0.352 e. The van der Waals surface area contributed by atoms with E-state index >= 15 is 0 Å². The zero-order chi connectivity index (χ0) is 25.8. The van der Waals surface area contributed by atoms with Crippen LogP contribution in [0.1, 0.15) is 71.7 Å². The summed E-state index contributed by atoms with van der Waals surface area (Å²) in [5, 5.41) is 3.95. The van der Waals surface area contributed by atoms with Gasteiger partial charge in [0.25, 0.3) is 11.8 Å². The van der Waals surface area contributed by atoms with E-state index in [4.69, 9.17) is 23.2 Å². The number of imide groups is 1. The fourth-order valence-corrected chi connectivity index (χ4v) is 5.25. The minimum absolute atomic E-state index is 0.0691. The van der Waals surface area contributed by atoms with Crippen molar-refractivity contribution in [1.29, 1.82) is 0 Å². The number of carbonyl (C=O) groups is 4. The van der Waals surface area contributed by atoms with Crippen molar-refractivity contribution in [3.63, 3.8) is 0 Å². The van der Waals surface area contributed by atoms with E-state index in [1.54, 1.807) is 49.4 Å². The first-order valence-corrected chi connectivity index (χ1v) is 13.0. The number of benzene rings is 2. The smallest absolute Gasteiger partial charge is 0.261 e. The standard InChI is InChI=1S/C27H29Cl2N3O4/c1-17(25(34)30-20-7-2-3-8-20)32(16-18-12-13-19(28)15-23(18)29)24(33)11-6-14-31-26(35)21-9-4-5-10-22(21)27(31)36/h4-5,9-10,12-13,15,17,20H,2-3,6-8,11,14,16H2,1H3,(H,30,34). The molecule has 36 heavy (non-hydrogen) atoms. The van der Waals surface area contributed by atoms with Crippen molar-refractivity contribution in [1.82, 2.24) is 15.1 Å². The first-order chi connectivity index (χ1) is 17.3. The number of nitrogens with zero attached hydrogens (tertiary/aromatic N) is 2. The van der Waals surface area contributed by atoms with Gasteiger partial charge in [-0.1, -0.05) is 54.2 Å². The Hall–Kier alpha value is -2.90. The van der Waals surface area contributed by atoms with Crippen LogP contribution in [0.3, 0.4) is 0 Å². The van der Waals surface area contributed by atoms with Crippen LogP contribution >= 0.6 is 23.2 Å². The Bertz CT molecular complexity index is 1140. The maximum absolute atomic E-state index is 13.4. The van der Waals surface area contributed by atoms with E-state index in [9.17, 15) is 19.2 Å². The molecule has 0 saturated heterocycles. The second-order valence-corrected chi connectivity index (χ2v) is 10.2. The van der Waals surface area contributed by atoms with Crippen LogP contribution in [0.4, 0.5) is 0 Å². The molecule has 1 N–H and O–H groups in total. The summed E-state index contributed by atoms with van der Waals surface area (Å²) in [5.41, 5.74) is 1.44. The second-order valence-electron chi connectivity index (χ2n) is 9.33. The van der Waals surface area contributed by atoms with Crippen molar-refractivity contribution < 1.29 is 19.2 Å². The van der Waals surface area contributed by atoms with Gasteiger partial charge < -0.3 is 10.2 Å². The van der Waals surface area contributed by atoms with Gasteiger partial charge in [0.2, 0.25) is 11.8 Å². The van der Waals surface area contributed by atoms with Gasteiger partial charge in [0.15, 0.2) is 0 Å². The molecular formula is C27H29Cl2N3O4. The average Bonchev–Trinajstić information content (AvgIpc) is 3.45. The van der Waals surface area contributed by atoms with Crippen molar-refractivity contribution in [2.45, 2.75) is 64.1 Å². The predicted octanol–water partition coefficient (Wildman–Crippen LogP) is 4.85. The Kier molecular flexibility index (Phi) is 8.32. The molecule has 0 radical (unpaired) electrons. The maximum atomic E-state index is 13.4. The van der Waals surface area contributed by atoms with E-state index in [0.717, 1.165) is 25.7 Å². The van der Waals surface area contributed by atoms with Gasteiger partial charge in [0.05, 0.1) is 11.1 Å². The lowest BCUT2D eigenvalue weighted by molar-refractivity contribution is -0.141. The third-order valence-corrected chi connectivity index (χ3v) is 7.46. The highest BCUT2D eigenvalue weighted by Gasteiger charge is 2.35. The highest BCUT2D eigenvalue weighted by molar-refractivity contribution is 6.35. The summed E-state index contributed by atoms with van der Waals surface area (Å²) in [5.74, 6) is -1.17. The number of fused-ring (bicyclic) bond motifs is 1. The Labute approximate surface area is 220 Å². The monoisotopic (exact) mass is 529 g/mol. The number of nitrogens with one attached hydrogen (secondary N) is 1. The summed E-state index contributed by atoms with van der Waals surface area (Å²) in [6.45, 7) is 1.97. The van der Waals surface area contributed by atoms with Crippen LogP contribution in [0, 0.1) is 0 Å². The maximum Gasteiger partial charge on any atom is 0.261 e. The Morgan fingerprint density at radius 3 is 2.31 bits per heavy atom. The number of rotatable bonds is 9. The third kappa shape index (κ3) is 5.73. The number of hydrogen-bond donors (Lipinski definition) is 1. The van der Waals surface area contributed by atoms with Crippen molar-refractivity contribution in [3.05, 3.63) is 69.2 Å². The van der Waals surface area contributed by atoms with Crippen LogP contribution in [-0.2, 0) is 16.1 Å². The van der Waals surface area contributed by atoms with Gasteiger partial charge >= 0.3 is 0 Å². The fourth-order valence-electron chi connectivity index (χ4n) is 4.78. The van der Waals surface area contributed by atoms with E-state index < -0.39 is 6.04 Å². The number of hydrogen-bond acceptors (Lipinski definition) is 4. The molecule has 1 fully saturated rings. The molecule has 1 unspecified atom stereocenters. The van der Waals surface area contributed by atoms with Crippen molar-refractivity contribution >= 4 is 46.8 Å². The molecule has 1 atom stereocenters. The Balaban J connectivity index is 1.43. The molecule has 2 aromatic rings. The van der Waals surface area contributed by atoms with E-state index in [1.807, 2.05) is 0 Å². The SMILES string of the molecule is CC(C(=O)NC1CCCC1)N(Cc1ccc(Cl)cc1Cl)C(=O)CCCN1C(=O)c2ccccc2C1=O. The zero-order valence-corrected chi connectivity index (χ0v) is 21.6. The summed E-state index contributed by atoms with van der Waals surface area (Å²) >= 11 is 12.4. The molecule has 0 aromatic heterocycles. The van der Waals surface area contributed by atoms with Crippen molar-refractivity contribution in [2.75, 3.05) is 6.54 Å². The fraction of sp³-hybridized carbons (Fsp3) is 0.407. The van der Waals surface area contributed by atoms with Crippen molar-refractivity contribution in [3.8, 4) is 0 Å². The molecule has 0 bridgehead atoms. The predicted molar refractivity (Wildman–Crippen MR) is 138 cm³/mol. The number of halogens is 2. The molecule has 1 heterocycles. The van der Waals surface area contributed by atoms with E-state index in [0.29, 0.717) is 26.7 Å². The topological polar surface area (TPSA) is 86.8 Å². The minimum Gasteiger partial charge on any atom is -0.352 e. The summed E-state index contributed by atoms with van der Waals surface area (Å²) in [6, 6.07) is 11.1. The first-order valence-electron chi connectivity index (χ1n) is 12.2. The lowest BCUT2D eigenvalue weighted by Gasteiger charge is -2.30. The molecule has 2 aromatic carbocycles. The van der Waals surface area contributed by atoms with Crippen LogP contribution in [0.15, 0.2) is 42.5 Å². The lowest BCUT2D eigenvalue weighted by atomic mass is 10.1. The van der Waals surface area contributed by atoms with Crippen LogP contribution in [0.25, 0.3) is 0 Å².